The second kappa shape index (κ2) is 10.9. The molecule has 1 fully saturated rings. The number of benzene rings is 2. The maximum Gasteiger partial charge on any atom is 0.115 e. The zero-order chi connectivity index (χ0) is 23.1. The Balaban J connectivity index is 0.000000170. The van der Waals surface area contributed by atoms with E-state index in [1.54, 1.807) is 12.1 Å². The van der Waals surface area contributed by atoms with Crippen LogP contribution in [-0.2, 0) is 11.8 Å². The summed E-state index contributed by atoms with van der Waals surface area (Å²) in [6, 6.07) is 15.7. The zero-order valence-corrected chi connectivity index (χ0v) is 20.8. The lowest BCUT2D eigenvalue weighted by Crippen LogP contribution is -2.16. The molecule has 170 valence electrons. The highest BCUT2D eigenvalue weighted by Crippen LogP contribution is 2.38. The van der Waals surface area contributed by atoms with Crippen molar-refractivity contribution in [2.45, 2.75) is 86.0 Å². The van der Waals surface area contributed by atoms with Crippen LogP contribution in [0.15, 0.2) is 54.7 Å². The molecule has 1 aliphatic carbocycles. The summed E-state index contributed by atoms with van der Waals surface area (Å²) in [7, 11) is 0. The van der Waals surface area contributed by atoms with Gasteiger partial charge in [-0.2, -0.15) is 0 Å². The summed E-state index contributed by atoms with van der Waals surface area (Å²) in [5.74, 6) is 1.35. The van der Waals surface area contributed by atoms with Crippen molar-refractivity contribution in [1.82, 2.24) is 4.98 Å². The van der Waals surface area contributed by atoms with Crippen molar-refractivity contribution in [3.63, 3.8) is 0 Å². The van der Waals surface area contributed by atoms with Gasteiger partial charge >= 0.3 is 0 Å². The Labute approximate surface area is 190 Å². The Morgan fingerprint density at radius 1 is 0.871 bits per heavy atom. The minimum absolute atomic E-state index is 0.222. The molecule has 0 amide bonds. The third-order valence-electron chi connectivity index (χ3n) is 6.32. The van der Waals surface area contributed by atoms with Crippen LogP contribution < -0.4 is 0 Å². The third kappa shape index (κ3) is 7.76. The third-order valence-corrected chi connectivity index (χ3v) is 6.32. The highest BCUT2D eigenvalue weighted by atomic mass is 16.3. The fourth-order valence-corrected chi connectivity index (χ4v) is 4.22. The Hall–Kier alpha value is -2.22. The number of hydrogen-bond donors (Lipinski definition) is 2. The summed E-state index contributed by atoms with van der Waals surface area (Å²) >= 11 is 0. The van der Waals surface area contributed by atoms with Crippen LogP contribution >= 0.6 is 0 Å². The molecule has 3 aromatic rings. The molecule has 0 radical (unpaired) electrons. The van der Waals surface area contributed by atoms with Gasteiger partial charge in [-0.15, -0.1) is 0 Å². The standard InChI is InChI=1S/C12H15N.C9H18.C8H10O/c1-12(2,3)10-8-13-11-7-5-4-6-9(10)11;1-9(2,3)8-6-4-5-7-8;1-2-7-3-5-8(9)6-4-7/h4-8,13H,1-3H3;8H,4-7H2,1-3H3;3-6,9H,2H2,1H3. The van der Waals surface area contributed by atoms with E-state index in [4.69, 9.17) is 5.11 Å². The Bertz CT molecular complexity index is 900. The van der Waals surface area contributed by atoms with Crippen LogP contribution in [0.1, 0.15) is 85.3 Å². The minimum atomic E-state index is 0.222. The lowest BCUT2D eigenvalue weighted by molar-refractivity contribution is 0.246. The average Bonchev–Trinajstić information content (AvgIpc) is 3.39. The number of aromatic hydroxyl groups is 1. The second-order valence-corrected chi connectivity index (χ2v) is 10.9. The van der Waals surface area contributed by atoms with Crippen molar-refractivity contribution in [2.24, 2.45) is 11.3 Å². The van der Waals surface area contributed by atoms with E-state index in [1.165, 1.54) is 47.7 Å². The van der Waals surface area contributed by atoms with E-state index in [9.17, 15) is 0 Å². The number of aromatic nitrogens is 1. The van der Waals surface area contributed by atoms with Crippen LogP contribution in [0.4, 0.5) is 0 Å². The Morgan fingerprint density at radius 2 is 1.45 bits per heavy atom. The second-order valence-electron chi connectivity index (χ2n) is 10.9. The molecule has 0 bridgehead atoms. The van der Waals surface area contributed by atoms with Crippen LogP contribution in [-0.4, -0.2) is 10.1 Å². The molecule has 2 heteroatoms. The van der Waals surface area contributed by atoms with Crippen LogP contribution in [0, 0.1) is 11.3 Å². The van der Waals surface area contributed by atoms with Gasteiger partial charge in [-0.25, -0.2) is 0 Å². The first-order valence-corrected chi connectivity index (χ1v) is 11.9. The van der Waals surface area contributed by atoms with E-state index >= 15 is 0 Å². The molecule has 0 aliphatic heterocycles. The number of fused-ring (bicyclic) bond motifs is 1. The van der Waals surface area contributed by atoms with Crippen LogP contribution in [0.2, 0.25) is 0 Å². The van der Waals surface area contributed by atoms with Gasteiger partial charge in [-0.05, 0) is 65.3 Å². The van der Waals surface area contributed by atoms with Gasteiger partial charge in [0.05, 0.1) is 0 Å². The van der Waals surface area contributed by atoms with Crippen molar-refractivity contribution in [3.05, 3.63) is 65.9 Å². The largest absolute Gasteiger partial charge is 0.508 e. The molecular weight excluding hydrogens is 378 g/mol. The normalized spacial score (nSPS) is 14.5. The summed E-state index contributed by atoms with van der Waals surface area (Å²) in [5, 5.41) is 10.2. The number of aryl methyl sites for hydroxylation is 1. The molecule has 2 N–H and O–H groups in total. The molecule has 1 saturated carbocycles. The molecule has 4 rings (SSSR count). The molecule has 1 aliphatic rings. The number of phenolic OH excluding ortho intramolecular Hbond substituents is 1. The molecule has 0 atom stereocenters. The van der Waals surface area contributed by atoms with Gasteiger partial charge in [0.2, 0.25) is 0 Å². The van der Waals surface area contributed by atoms with Crippen molar-refractivity contribution in [1.29, 1.82) is 0 Å². The van der Waals surface area contributed by atoms with Gasteiger partial charge in [0.1, 0.15) is 5.75 Å². The van der Waals surface area contributed by atoms with E-state index in [1.807, 2.05) is 12.1 Å². The highest BCUT2D eigenvalue weighted by Gasteiger charge is 2.26. The van der Waals surface area contributed by atoms with Gasteiger partial charge in [0.15, 0.2) is 0 Å². The first-order chi connectivity index (χ1) is 14.5. The quantitative estimate of drug-likeness (QED) is 0.405. The summed E-state index contributed by atoms with van der Waals surface area (Å²) in [4.78, 5) is 3.29. The predicted molar refractivity (Wildman–Crippen MR) is 136 cm³/mol. The van der Waals surface area contributed by atoms with E-state index in [-0.39, 0.29) is 5.41 Å². The number of rotatable bonds is 1. The lowest BCUT2D eigenvalue weighted by Gasteiger charge is -2.26. The average molecular weight is 422 g/mol. The van der Waals surface area contributed by atoms with E-state index in [0.717, 1.165) is 12.3 Å². The van der Waals surface area contributed by atoms with E-state index in [2.05, 4.69) is 83.9 Å². The molecule has 2 nitrogen and oxygen atoms in total. The first-order valence-electron chi connectivity index (χ1n) is 11.9. The molecule has 1 heterocycles. The monoisotopic (exact) mass is 421 g/mol. The summed E-state index contributed by atoms with van der Waals surface area (Å²) in [5.41, 5.74) is 4.68. The smallest absolute Gasteiger partial charge is 0.115 e. The molecule has 0 saturated heterocycles. The van der Waals surface area contributed by atoms with Crippen LogP contribution in [0.3, 0.4) is 0 Å². The topological polar surface area (TPSA) is 36.0 Å². The van der Waals surface area contributed by atoms with Crippen LogP contribution in [0.25, 0.3) is 10.9 Å². The Morgan fingerprint density at radius 3 is 1.94 bits per heavy atom. The van der Waals surface area contributed by atoms with Gasteiger partial charge in [-0.1, -0.05) is 91.6 Å². The number of aromatic amines is 1. The van der Waals surface area contributed by atoms with Crippen molar-refractivity contribution in [3.8, 4) is 5.75 Å². The fraction of sp³-hybridized carbons (Fsp3) is 0.517. The first kappa shape index (κ1) is 25.0. The lowest BCUT2D eigenvalue weighted by atomic mass is 9.80. The van der Waals surface area contributed by atoms with E-state index in [0.29, 0.717) is 11.2 Å². The van der Waals surface area contributed by atoms with Crippen molar-refractivity contribution in [2.75, 3.05) is 0 Å². The van der Waals surface area contributed by atoms with Crippen LogP contribution in [0.5, 0.6) is 5.75 Å². The van der Waals surface area contributed by atoms with Crippen molar-refractivity contribution >= 4 is 10.9 Å². The SMILES string of the molecule is CC(C)(C)C1CCCC1.CC(C)(C)c1c[nH]c2ccccc12.CCc1ccc(O)cc1. The molecular formula is C29H43NO. The number of H-pyrrole nitrogens is 1. The van der Waals surface area contributed by atoms with Gasteiger partial charge in [-0.3, -0.25) is 0 Å². The molecule has 1 aromatic heterocycles. The van der Waals surface area contributed by atoms with Gasteiger partial charge in [0.25, 0.3) is 0 Å². The molecule has 0 spiro atoms. The minimum Gasteiger partial charge on any atom is -0.508 e. The predicted octanol–water partition coefficient (Wildman–Crippen LogP) is 8.64. The summed E-state index contributed by atoms with van der Waals surface area (Å²) in [6.45, 7) is 15.9. The number of para-hydroxylation sites is 1. The molecule has 31 heavy (non-hydrogen) atoms. The molecule has 0 unspecified atom stereocenters. The maximum absolute atomic E-state index is 8.85. The summed E-state index contributed by atoms with van der Waals surface area (Å²) < 4.78 is 0. The fourth-order valence-electron chi connectivity index (χ4n) is 4.22. The summed E-state index contributed by atoms with van der Waals surface area (Å²) in [6.07, 6.45) is 9.04. The van der Waals surface area contributed by atoms with E-state index < -0.39 is 0 Å². The number of nitrogens with one attached hydrogen (secondary N) is 1. The van der Waals surface area contributed by atoms with Crippen molar-refractivity contribution < 1.29 is 5.11 Å². The number of hydrogen-bond acceptors (Lipinski definition) is 1. The highest BCUT2D eigenvalue weighted by molar-refractivity contribution is 5.84. The number of phenols is 1. The van der Waals surface area contributed by atoms with Gasteiger partial charge < -0.3 is 10.1 Å². The molecule has 2 aromatic carbocycles. The maximum atomic E-state index is 8.85. The Kier molecular flexibility index (Phi) is 8.79. The zero-order valence-electron chi connectivity index (χ0n) is 20.8. The van der Waals surface area contributed by atoms with Gasteiger partial charge in [0, 0.05) is 17.1 Å².